The van der Waals surface area contributed by atoms with E-state index >= 15 is 0 Å². The first kappa shape index (κ1) is 37.0. The number of ether oxygens (including phenoxy) is 1. The van der Waals surface area contributed by atoms with Crippen molar-refractivity contribution in [3.63, 3.8) is 0 Å². The molecule has 256 valence electrons. The third-order valence-electron chi connectivity index (χ3n) is 8.70. The topological polar surface area (TPSA) is 137 Å². The molecule has 0 aliphatic carbocycles. The predicted molar refractivity (Wildman–Crippen MR) is 186 cm³/mol. The number of amides is 1. The first-order chi connectivity index (χ1) is 22.2. The minimum Gasteiger partial charge on any atom is -0.408 e. The number of hydrogen-bond donors (Lipinski definition) is 1. The number of nitrogens with zero attached hydrogens (tertiary/aromatic N) is 6. The quantitative estimate of drug-likeness (QED) is 0.104. The van der Waals surface area contributed by atoms with E-state index in [0.717, 1.165) is 0 Å². The Kier molecular flexibility index (Phi) is 12.3. The van der Waals surface area contributed by atoms with E-state index in [0.29, 0.717) is 29.0 Å². The van der Waals surface area contributed by atoms with E-state index in [-0.39, 0.29) is 42.2 Å². The minimum absolute atomic E-state index is 0.0509. The van der Waals surface area contributed by atoms with Crippen LogP contribution in [0.25, 0.3) is 11.2 Å². The Hall–Kier alpha value is -2.82. The number of aromatic nitrogens is 4. The number of anilines is 1. The van der Waals surface area contributed by atoms with Crippen molar-refractivity contribution in [3.05, 3.63) is 48.5 Å². The highest BCUT2D eigenvalue weighted by molar-refractivity contribution is 7.44. The Balaban J connectivity index is 1.78. The first-order valence-corrected chi connectivity index (χ1v) is 20.4. The Morgan fingerprint density at radius 1 is 1.13 bits per heavy atom. The maximum atomic E-state index is 13.0. The molecule has 0 saturated carbocycles. The molecular formula is C33H50N7O5PSi. The number of hydrogen-bond acceptors (Lipinski definition) is 10. The van der Waals surface area contributed by atoms with Crippen molar-refractivity contribution >= 4 is 39.7 Å². The molecule has 3 heterocycles. The van der Waals surface area contributed by atoms with E-state index < -0.39 is 35.3 Å². The first-order valence-electron chi connectivity index (χ1n) is 16.3. The zero-order chi connectivity index (χ0) is 34.5. The monoisotopic (exact) mass is 683 g/mol. The number of carbonyl (C=O) groups excluding carboxylic acids is 1. The average molecular weight is 684 g/mol. The van der Waals surface area contributed by atoms with Crippen molar-refractivity contribution in [1.82, 2.24) is 24.2 Å². The van der Waals surface area contributed by atoms with Crippen LogP contribution in [-0.2, 0) is 18.2 Å². The van der Waals surface area contributed by atoms with Gasteiger partial charge in [-0.1, -0.05) is 45.9 Å². The van der Waals surface area contributed by atoms with Crippen LogP contribution in [-0.4, -0.2) is 75.4 Å². The number of imidazole rings is 1. The van der Waals surface area contributed by atoms with Crippen LogP contribution in [0.1, 0.15) is 84.8 Å². The Bertz CT molecular complexity index is 1520. The van der Waals surface area contributed by atoms with Gasteiger partial charge in [0.1, 0.15) is 18.5 Å². The molecule has 0 radical (unpaired) electrons. The van der Waals surface area contributed by atoms with Crippen LogP contribution in [0.5, 0.6) is 0 Å². The SMILES string of the molecule is CC[C@H]1O[C@@H](n2cnc3c(NC(=O)c4ccccc4)ncnc32)[C@@H](OP(OCCC#N)N(C(C)C)C(C)C)C1O[Si](C)(C)C(C)(C)C. The van der Waals surface area contributed by atoms with Gasteiger partial charge in [-0.2, -0.15) is 5.26 Å². The van der Waals surface area contributed by atoms with Crippen molar-refractivity contribution in [2.45, 2.75) is 123 Å². The second-order valence-electron chi connectivity index (χ2n) is 13.8. The van der Waals surface area contributed by atoms with Crippen molar-refractivity contribution in [2.75, 3.05) is 11.9 Å². The zero-order valence-electron chi connectivity index (χ0n) is 29.3. The maximum absolute atomic E-state index is 13.0. The summed E-state index contributed by atoms with van der Waals surface area (Å²) < 4.78 is 31.4. The smallest absolute Gasteiger partial charge is 0.259 e. The molecule has 1 aliphatic rings. The van der Waals surface area contributed by atoms with E-state index in [1.807, 2.05) is 22.8 Å². The molecule has 5 atom stereocenters. The maximum Gasteiger partial charge on any atom is 0.259 e. The van der Waals surface area contributed by atoms with Crippen LogP contribution in [0.2, 0.25) is 18.1 Å². The Labute approximate surface area is 281 Å². The van der Waals surface area contributed by atoms with Crippen LogP contribution in [0.3, 0.4) is 0 Å². The van der Waals surface area contributed by atoms with Gasteiger partial charge in [0.2, 0.25) is 0 Å². The number of carbonyl (C=O) groups is 1. The van der Waals surface area contributed by atoms with Crippen molar-refractivity contribution < 1.29 is 23.0 Å². The van der Waals surface area contributed by atoms with Crippen molar-refractivity contribution in [2.24, 2.45) is 0 Å². The highest BCUT2D eigenvalue weighted by Gasteiger charge is 2.53. The van der Waals surface area contributed by atoms with E-state index in [1.54, 1.807) is 18.5 Å². The van der Waals surface area contributed by atoms with Gasteiger partial charge >= 0.3 is 0 Å². The molecule has 2 unspecified atom stereocenters. The molecule has 1 N–H and O–H groups in total. The fourth-order valence-corrected chi connectivity index (χ4v) is 8.39. The van der Waals surface area contributed by atoms with Crippen molar-refractivity contribution in [3.8, 4) is 6.07 Å². The standard InChI is InChI=1S/C33H50N7O5PSi/c1-11-25-27(45-47(9,10)33(6,7)8)28(44-46(42-19-15-18-34)40(22(2)3)23(4)5)32(43-25)39-21-37-26-29(35-20-36-30(26)39)38-31(41)24-16-13-12-14-17-24/h12-14,16-17,20-23,25,27-28,32H,11,15,19H2,1-10H3,(H,35,36,38,41)/t25-,27?,28+,32-,46?/m1/s1. The van der Waals surface area contributed by atoms with Crippen LogP contribution < -0.4 is 5.32 Å². The summed E-state index contributed by atoms with van der Waals surface area (Å²) in [5.41, 5.74) is 1.43. The molecule has 1 saturated heterocycles. The highest BCUT2D eigenvalue weighted by atomic mass is 31.2. The molecule has 1 amide bonds. The zero-order valence-corrected chi connectivity index (χ0v) is 31.2. The summed E-state index contributed by atoms with van der Waals surface area (Å²) >= 11 is 0. The molecule has 14 heteroatoms. The molecule has 1 aliphatic heterocycles. The normalized spacial score (nSPS) is 21.1. The van der Waals surface area contributed by atoms with E-state index in [9.17, 15) is 10.1 Å². The summed E-state index contributed by atoms with van der Waals surface area (Å²) in [6, 6.07) is 11.4. The molecule has 1 aromatic carbocycles. The van der Waals surface area contributed by atoms with Gasteiger partial charge in [-0.05, 0) is 64.4 Å². The van der Waals surface area contributed by atoms with Gasteiger partial charge in [0.25, 0.3) is 14.4 Å². The van der Waals surface area contributed by atoms with Crippen LogP contribution in [0, 0.1) is 11.3 Å². The lowest BCUT2D eigenvalue weighted by molar-refractivity contribution is -0.0327. The highest BCUT2D eigenvalue weighted by Crippen LogP contribution is 2.52. The molecule has 1 fully saturated rings. The molecular weight excluding hydrogens is 633 g/mol. The van der Waals surface area contributed by atoms with Gasteiger partial charge < -0.3 is 23.5 Å². The minimum atomic E-state index is -2.30. The fraction of sp³-hybridized carbons (Fsp3) is 0.606. The lowest BCUT2D eigenvalue weighted by atomic mass is 10.1. The van der Waals surface area contributed by atoms with E-state index in [4.69, 9.17) is 18.2 Å². The molecule has 3 aromatic rings. The Morgan fingerprint density at radius 3 is 2.40 bits per heavy atom. The van der Waals surface area contributed by atoms with Crippen molar-refractivity contribution in [1.29, 1.82) is 5.26 Å². The van der Waals surface area contributed by atoms with Gasteiger partial charge in [0.15, 0.2) is 31.5 Å². The van der Waals surface area contributed by atoms with Crippen LogP contribution in [0.4, 0.5) is 5.82 Å². The summed E-state index contributed by atoms with van der Waals surface area (Å²) in [6.07, 6.45) is 2.05. The second-order valence-corrected chi connectivity index (χ2v) is 20.0. The third kappa shape index (κ3) is 8.43. The number of nitrogens with one attached hydrogen (secondary N) is 1. The summed E-state index contributed by atoms with van der Waals surface area (Å²) in [5, 5.41) is 12.1. The fourth-order valence-electron chi connectivity index (χ4n) is 5.33. The predicted octanol–water partition coefficient (Wildman–Crippen LogP) is 7.44. The Morgan fingerprint density at radius 2 is 1.81 bits per heavy atom. The summed E-state index contributed by atoms with van der Waals surface area (Å²) in [5.74, 6) is 0.00189. The third-order valence-corrected chi connectivity index (χ3v) is 15.3. The number of nitriles is 1. The van der Waals surface area contributed by atoms with Crippen LogP contribution in [0.15, 0.2) is 43.0 Å². The van der Waals surface area contributed by atoms with Gasteiger partial charge in [-0.3, -0.25) is 9.36 Å². The van der Waals surface area contributed by atoms with E-state index in [1.165, 1.54) is 6.33 Å². The van der Waals surface area contributed by atoms with Gasteiger partial charge in [-0.25, -0.2) is 19.6 Å². The lowest BCUT2D eigenvalue weighted by Crippen LogP contribution is -2.49. The second kappa shape index (κ2) is 15.6. The summed E-state index contributed by atoms with van der Waals surface area (Å²) in [6.45, 7) is 21.9. The van der Waals surface area contributed by atoms with E-state index in [2.05, 4.69) is 99.5 Å². The number of rotatable bonds is 14. The average Bonchev–Trinajstić information content (AvgIpc) is 3.58. The van der Waals surface area contributed by atoms with Gasteiger partial charge in [-0.15, -0.1) is 0 Å². The summed E-state index contributed by atoms with van der Waals surface area (Å²) in [4.78, 5) is 26.6. The van der Waals surface area contributed by atoms with Gasteiger partial charge in [0.05, 0.1) is 31.5 Å². The summed E-state index contributed by atoms with van der Waals surface area (Å²) in [7, 11) is -3.92. The molecule has 12 nitrogen and oxygen atoms in total. The lowest BCUT2D eigenvalue weighted by Gasteiger charge is -2.42. The number of fused-ring (bicyclic) bond motifs is 1. The number of benzene rings is 1. The molecule has 47 heavy (non-hydrogen) atoms. The molecule has 0 spiro atoms. The molecule has 0 bridgehead atoms. The molecule has 2 aromatic heterocycles. The largest absolute Gasteiger partial charge is 0.408 e. The molecule has 4 rings (SSSR count). The van der Waals surface area contributed by atoms with Gasteiger partial charge in [0, 0.05) is 17.6 Å². The van der Waals surface area contributed by atoms with Crippen LogP contribution >= 0.6 is 8.53 Å².